The Balaban J connectivity index is 1.83. The third-order valence-electron chi connectivity index (χ3n) is 3.46. The number of rotatable bonds is 6. The molecule has 0 radical (unpaired) electrons. The van der Waals surface area contributed by atoms with Crippen LogP contribution in [0.5, 0.6) is 0 Å². The number of carbonyl (C=O) groups excluding carboxylic acids is 1. The molecule has 0 aliphatic carbocycles. The molecule has 3 nitrogen and oxygen atoms in total. The van der Waals surface area contributed by atoms with Crippen LogP contribution in [0.4, 0.5) is 0 Å². The van der Waals surface area contributed by atoms with Gasteiger partial charge in [-0.3, -0.25) is 9.69 Å². The summed E-state index contributed by atoms with van der Waals surface area (Å²) in [6.45, 7) is 3.09. The van der Waals surface area contributed by atoms with E-state index in [1.165, 1.54) is 5.56 Å². The molecule has 0 aliphatic heterocycles. The maximum absolute atomic E-state index is 12.1. The highest BCUT2D eigenvalue weighted by atomic mass is 35.5. The van der Waals surface area contributed by atoms with Crippen molar-refractivity contribution in [2.75, 3.05) is 13.6 Å². The zero-order valence-corrected chi connectivity index (χ0v) is 13.7. The highest BCUT2D eigenvalue weighted by molar-refractivity contribution is 6.30. The lowest BCUT2D eigenvalue weighted by molar-refractivity contribution is -0.122. The second kappa shape index (κ2) is 7.97. The van der Waals surface area contributed by atoms with E-state index in [9.17, 15) is 4.79 Å². The molecule has 0 aromatic heterocycles. The van der Waals surface area contributed by atoms with Gasteiger partial charge in [-0.05, 0) is 37.2 Å². The molecule has 0 saturated heterocycles. The van der Waals surface area contributed by atoms with Crippen molar-refractivity contribution in [3.8, 4) is 0 Å². The van der Waals surface area contributed by atoms with Crippen LogP contribution in [0.3, 0.4) is 0 Å². The van der Waals surface area contributed by atoms with E-state index in [2.05, 4.69) is 17.4 Å². The molecule has 0 unspecified atom stereocenters. The lowest BCUT2D eigenvalue weighted by atomic mass is 10.1. The van der Waals surface area contributed by atoms with E-state index in [1.807, 2.05) is 61.3 Å². The first-order valence-corrected chi connectivity index (χ1v) is 7.69. The third kappa shape index (κ3) is 5.17. The molecule has 2 rings (SSSR count). The van der Waals surface area contributed by atoms with Crippen LogP contribution < -0.4 is 5.32 Å². The summed E-state index contributed by atoms with van der Waals surface area (Å²) in [4.78, 5) is 14.1. The molecule has 0 fully saturated rings. The number of hydrogen-bond acceptors (Lipinski definition) is 2. The maximum Gasteiger partial charge on any atom is 0.234 e. The van der Waals surface area contributed by atoms with Crippen molar-refractivity contribution in [3.05, 3.63) is 70.7 Å². The van der Waals surface area contributed by atoms with Gasteiger partial charge in [0, 0.05) is 11.6 Å². The van der Waals surface area contributed by atoms with Crippen molar-refractivity contribution >= 4 is 17.5 Å². The minimum absolute atomic E-state index is 0.0147. The van der Waals surface area contributed by atoms with Crippen molar-refractivity contribution in [2.24, 2.45) is 0 Å². The number of likely N-dealkylation sites (N-methyl/N-ethyl adjacent to an activating group) is 1. The van der Waals surface area contributed by atoms with Crippen molar-refractivity contribution < 1.29 is 4.79 Å². The summed E-state index contributed by atoms with van der Waals surface area (Å²) in [5.74, 6) is 0.0147. The summed E-state index contributed by atoms with van der Waals surface area (Å²) in [7, 11) is 1.94. The Morgan fingerprint density at radius 3 is 2.41 bits per heavy atom. The molecule has 0 heterocycles. The van der Waals surface area contributed by atoms with E-state index in [1.54, 1.807) is 0 Å². The highest BCUT2D eigenvalue weighted by Crippen LogP contribution is 2.15. The first-order valence-electron chi connectivity index (χ1n) is 7.32. The molecule has 1 amide bonds. The summed E-state index contributed by atoms with van der Waals surface area (Å²) >= 11 is 5.87. The standard InChI is InChI=1S/C18H21ClN2O/c1-14(16-8-10-17(19)11-9-16)20-18(22)13-21(2)12-15-6-4-3-5-7-15/h3-11,14H,12-13H2,1-2H3,(H,20,22)/t14-/m0/s1. The van der Waals surface area contributed by atoms with Gasteiger partial charge in [-0.2, -0.15) is 0 Å². The second-order valence-corrected chi connectivity index (χ2v) is 5.94. The molecule has 0 aliphatic rings. The zero-order chi connectivity index (χ0) is 15.9. The summed E-state index contributed by atoms with van der Waals surface area (Å²) in [6.07, 6.45) is 0. The molecule has 116 valence electrons. The third-order valence-corrected chi connectivity index (χ3v) is 3.71. The Morgan fingerprint density at radius 2 is 1.77 bits per heavy atom. The molecule has 1 N–H and O–H groups in total. The summed E-state index contributed by atoms with van der Waals surface area (Å²) < 4.78 is 0. The topological polar surface area (TPSA) is 32.3 Å². The van der Waals surface area contributed by atoms with Crippen LogP contribution >= 0.6 is 11.6 Å². The van der Waals surface area contributed by atoms with Gasteiger partial charge in [0.25, 0.3) is 0 Å². The number of nitrogens with zero attached hydrogens (tertiary/aromatic N) is 1. The Hall–Kier alpha value is -1.84. The van der Waals surface area contributed by atoms with E-state index in [4.69, 9.17) is 11.6 Å². The van der Waals surface area contributed by atoms with Gasteiger partial charge < -0.3 is 5.32 Å². The fourth-order valence-corrected chi connectivity index (χ4v) is 2.44. The van der Waals surface area contributed by atoms with Crippen molar-refractivity contribution in [2.45, 2.75) is 19.5 Å². The quantitative estimate of drug-likeness (QED) is 0.882. The smallest absolute Gasteiger partial charge is 0.234 e. The van der Waals surface area contributed by atoms with Crippen LogP contribution in [-0.4, -0.2) is 24.4 Å². The van der Waals surface area contributed by atoms with Crippen molar-refractivity contribution in [1.82, 2.24) is 10.2 Å². The van der Waals surface area contributed by atoms with Gasteiger partial charge in [0.1, 0.15) is 0 Å². The lowest BCUT2D eigenvalue weighted by Gasteiger charge is -2.19. The summed E-state index contributed by atoms with van der Waals surface area (Å²) in [6, 6.07) is 17.6. The number of benzene rings is 2. The van der Waals surface area contributed by atoms with Crippen LogP contribution in [0.15, 0.2) is 54.6 Å². The predicted octanol–water partition coefficient (Wildman–Crippen LogP) is 3.65. The maximum atomic E-state index is 12.1. The zero-order valence-electron chi connectivity index (χ0n) is 12.9. The number of halogens is 1. The molecule has 2 aromatic rings. The van der Waals surface area contributed by atoms with Gasteiger partial charge in [0.05, 0.1) is 12.6 Å². The van der Waals surface area contributed by atoms with Crippen LogP contribution in [0.25, 0.3) is 0 Å². The van der Waals surface area contributed by atoms with E-state index in [0.29, 0.717) is 11.6 Å². The first kappa shape index (κ1) is 16.5. The molecule has 0 spiro atoms. The number of amides is 1. The Morgan fingerprint density at radius 1 is 1.14 bits per heavy atom. The summed E-state index contributed by atoms with van der Waals surface area (Å²) in [5.41, 5.74) is 2.24. The average Bonchev–Trinajstić information content (AvgIpc) is 2.48. The van der Waals surface area contributed by atoms with E-state index in [0.717, 1.165) is 12.1 Å². The van der Waals surface area contributed by atoms with Gasteiger partial charge in [-0.25, -0.2) is 0 Å². The van der Waals surface area contributed by atoms with E-state index < -0.39 is 0 Å². The van der Waals surface area contributed by atoms with Crippen molar-refractivity contribution in [1.29, 1.82) is 0 Å². The Kier molecular flexibility index (Phi) is 5.99. The SMILES string of the molecule is C[C@H](NC(=O)CN(C)Cc1ccccc1)c1ccc(Cl)cc1. The van der Waals surface area contributed by atoms with Gasteiger partial charge in [0.2, 0.25) is 5.91 Å². The molecule has 22 heavy (non-hydrogen) atoms. The average molecular weight is 317 g/mol. The fourth-order valence-electron chi connectivity index (χ4n) is 2.32. The minimum atomic E-state index is -0.0325. The van der Waals surface area contributed by atoms with E-state index in [-0.39, 0.29) is 11.9 Å². The number of nitrogens with one attached hydrogen (secondary N) is 1. The number of carbonyl (C=O) groups is 1. The Bertz CT molecular complexity index is 598. The minimum Gasteiger partial charge on any atom is -0.348 e. The predicted molar refractivity (Wildman–Crippen MR) is 90.8 cm³/mol. The van der Waals surface area contributed by atoms with Gasteiger partial charge >= 0.3 is 0 Å². The van der Waals surface area contributed by atoms with Gasteiger partial charge in [0.15, 0.2) is 0 Å². The largest absolute Gasteiger partial charge is 0.348 e. The van der Waals surface area contributed by atoms with Gasteiger partial charge in [-0.1, -0.05) is 54.1 Å². The normalized spacial score (nSPS) is 12.2. The fraction of sp³-hybridized carbons (Fsp3) is 0.278. The van der Waals surface area contributed by atoms with Crippen LogP contribution in [-0.2, 0) is 11.3 Å². The lowest BCUT2D eigenvalue weighted by Crippen LogP contribution is -2.36. The molecule has 0 saturated carbocycles. The van der Waals surface area contributed by atoms with Gasteiger partial charge in [-0.15, -0.1) is 0 Å². The summed E-state index contributed by atoms with van der Waals surface area (Å²) in [5, 5.41) is 3.71. The highest BCUT2D eigenvalue weighted by Gasteiger charge is 2.11. The Labute approximate surface area is 136 Å². The second-order valence-electron chi connectivity index (χ2n) is 5.50. The monoisotopic (exact) mass is 316 g/mol. The molecule has 4 heteroatoms. The molecule has 2 aromatic carbocycles. The number of hydrogen-bond donors (Lipinski definition) is 1. The van der Waals surface area contributed by atoms with Crippen molar-refractivity contribution in [3.63, 3.8) is 0 Å². The van der Waals surface area contributed by atoms with Crippen LogP contribution in [0, 0.1) is 0 Å². The molecular formula is C18H21ClN2O. The molecular weight excluding hydrogens is 296 g/mol. The van der Waals surface area contributed by atoms with Crippen LogP contribution in [0.2, 0.25) is 5.02 Å². The first-order chi connectivity index (χ1) is 10.5. The van der Waals surface area contributed by atoms with Crippen LogP contribution in [0.1, 0.15) is 24.1 Å². The molecule has 1 atom stereocenters. The molecule has 0 bridgehead atoms. The van der Waals surface area contributed by atoms with E-state index >= 15 is 0 Å².